The highest BCUT2D eigenvalue weighted by molar-refractivity contribution is 5.90. The summed E-state index contributed by atoms with van der Waals surface area (Å²) in [4.78, 5) is 11.7. The first-order chi connectivity index (χ1) is 9.78. The molecule has 1 heterocycles. The lowest BCUT2D eigenvalue weighted by molar-refractivity contribution is -0.117. The van der Waals surface area contributed by atoms with Crippen LogP contribution in [0.5, 0.6) is 0 Å². The van der Waals surface area contributed by atoms with E-state index in [0.29, 0.717) is 26.2 Å². The Morgan fingerprint density at radius 2 is 2.20 bits per heavy atom. The molecule has 1 saturated heterocycles. The highest BCUT2D eigenvalue weighted by atomic mass is 16.5. The molecule has 1 unspecified atom stereocenters. The molecule has 0 radical (unpaired) electrons. The number of ether oxygens (including phenoxy) is 2. The molecule has 1 aromatic carbocycles. The Hall–Kier alpha value is -1.43. The summed E-state index contributed by atoms with van der Waals surface area (Å²) in [5, 5.41) is 2.83. The van der Waals surface area contributed by atoms with Crippen LogP contribution >= 0.6 is 0 Å². The van der Waals surface area contributed by atoms with Gasteiger partial charge in [0.2, 0.25) is 5.91 Å². The van der Waals surface area contributed by atoms with Gasteiger partial charge in [-0.15, -0.1) is 0 Å². The minimum Gasteiger partial charge on any atom is -0.378 e. The minimum absolute atomic E-state index is 0.0437. The van der Waals surface area contributed by atoms with Crippen molar-refractivity contribution in [3.63, 3.8) is 0 Å². The lowest BCUT2D eigenvalue weighted by Gasteiger charge is -2.10. The van der Waals surface area contributed by atoms with Crippen LogP contribution in [0.4, 0.5) is 5.69 Å². The molecule has 1 aliphatic rings. The van der Waals surface area contributed by atoms with Crippen molar-refractivity contribution in [1.29, 1.82) is 0 Å². The normalized spacial score (nSPS) is 18.1. The molecule has 1 amide bonds. The van der Waals surface area contributed by atoms with Crippen LogP contribution in [0.25, 0.3) is 0 Å². The second-order valence-electron chi connectivity index (χ2n) is 4.91. The predicted octanol–water partition coefficient (Wildman–Crippen LogP) is 1.67. The Bertz CT molecular complexity index is 414. The standard InChI is InChI=1S/C15H22N2O3/c16-10-12-3-5-13(6-4-12)17-15(18)7-9-19-11-14-2-1-8-20-14/h3-6,14H,1-2,7-11,16H2,(H,17,18). The third kappa shape index (κ3) is 4.92. The van der Waals surface area contributed by atoms with Gasteiger partial charge in [0.15, 0.2) is 0 Å². The molecule has 0 saturated carbocycles. The molecule has 1 atom stereocenters. The molecule has 1 aromatic rings. The smallest absolute Gasteiger partial charge is 0.226 e. The van der Waals surface area contributed by atoms with Gasteiger partial charge in [-0.05, 0) is 30.5 Å². The second kappa shape index (κ2) is 7.99. The lowest BCUT2D eigenvalue weighted by Crippen LogP contribution is -2.18. The molecule has 0 aromatic heterocycles. The molecule has 0 spiro atoms. The van der Waals surface area contributed by atoms with Gasteiger partial charge in [0, 0.05) is 18.8 Å². The lowest BCUT2D eigenvalue weighted by atomic mass is 10.2. The first kappa shape index (κ1) is 15.0. The average Bonchev–Trinajstić information content (AvgIpc) is 2.98. The third-order valence-electron chi connectivity index (χ3n) is 3.27. The van der Waals surface area contributed by atoms with Gasteiger partial charge in [-0.3, -0.25) is 4.79 Å². The largest absolute Gasteiger partial charge is 0.378 e. The topological polar surface area (TPSA) is 73.6 Å². The molecule has 3 N–H and O–H groups in total. The van der Waals surface area contributed by atoms with Crippen molar-refractivity contribution in [2.45, 2.75) is 31.9 Å². The maximum absolute atomic E-state index is 11.7. The summed E-state index contributed by atoms with van der Waals surface area (Å²) in [7, 11) is 0. The van der Waals surface area contributed by atoms with Crippen molar-refractivity contribution >= 4 is 11.6 Å². The summed E-state index contributed by atoms with van der Waals surface area (Å²) in [5.74, 6) is -0.0437. The van der Waals surface area contributed by atoms with Gasteiger partial charge in [0.25, 0.3) is 0 Å². The summed E-state index contributed by atoms with van der Waals surface area (Å²) in [5.41, 5.74) is 7.35. The first-order valence-corrected chi connectivity index (χ1v) is 7.06. The first-order valence-electron chi connectivity index (χ1n) is 7.06. The van der Waals surface area contributed by atoms with E-state index in [1.165, 1.54) is 0 Å². The number of hydrogen-bond donors (Lipinski definition) is 2. The highest BCUT2D eigenvalue weighted by Crippen LogP contribution is 2.12. The predicted molar refractivity (Wildman–Crippen MR) is 77.4 cm³/mol. The number of anilines is 1. The van der Waals surface area contributed by atoms with E-state index in [1.54, 1.807) is 0 Å². The van der Waals surface area contributed by atoms with Crippen molar-refractivity contribution in [3.05, 3.63) is 29.8 Å². The Morgan fingerprint density at radius 3 is 2.85 bits per heavy atom. The highest BCUT2D eigenvalue weighted by Gasteiger charge is 2.15. The van der Waals surface area contributed by atoms with Gasteiger partial charge >= 0.3 is 0 Å². The van der Waals surface area contributed by atoms with E-state index >= 15 is 0 Å². The van der Waals surface area contributed by atoms with E-state index in [4.69, 9.17) is 15.2 Å². The van der Waals surface area contributed by atoms with Crippen molar-refractivity contribution < 1.29 is 14.3 Å². The summed E-state index contributed by atoms with van der Waals surface area (Å²) >= 11 is 0. The van der Waals surface area contributed by atoms with Crippen LogP contribution in [-0.4, -0.2) is 31.8 Å². The van der Waals surface area contributed by atoms with Gasteiger partial charge in [0.05, 0.1) is 25.7 Å². The van der Waals surface area contributed by atoms with Crippen molar-refractivity contribution in [1.82, 2.24) is 0 Å². The Balaban J connectivity index is 1.61. The molecule has 5 heteroatoms. The molecule has 0 aliphatic carbocycles. The second-order valence-corrected chi connectivity index (χ2v) is 4.91. The molecule has 1 fully saturated rings. The number of rotatable bonds is 7. The number of benzene rings is 1. The number of carbonyl (C=O) groups is 1. The number of nitrogens with one attached hydrogen (secondary N) is 1. The zero-order chi connectivity index (χ0) is 14.2. The van der Waals surface area contributed by atoms with Gasteiger partial charge in [0.1, 0.15) is 0 Å². The van der Waals surface area contributed by atoms with Crippen LogP contribution in [0, 0.1) is 0 Å². The molecule has 2 rings (SSSR count). The van der Waals surface area contributed by atoms with Crippen LogP contribution in [0.2, 0.25) is 0 Å². The van der Waals surface area contributed by atoms with Crippen LogP contribution in [0.3, 0.4) is 0 Å². The Morgan fingerprint density at radius 1 is 1.40 bits per heavy atom. The SMILES string of the molecule is NCc1ccc(NC(=O)CCOCC2CCCO2)cc1. The molecule has 5 nitrogen and oxygen atoms in total. The van der Waals surface area contributed by atoms with Crippen molar-refractivity contribution in [3.8, 4) is 0 Å². The van der Waals surface area contributed by atoms with E-state index in [2.05, 4.69) is 5.32 Å². The maximum atomic E-state index is 11.7. The maximum Gasteiger partial charge on any atom is 0.226 e. The number of nitrogens with two attached hydrogens (primary N) is 1. The van der Waals surface area contributed by atoms with Gasteiger partial charge in [-0.1, -0.05) is 12.1 Å². The van der Waals surface area contributed by atoms with E-state index in [1.807, 2.05) is 24.3 Å². The fourth-order valence-electron chi connectivity index (χ4n) is 2.10. The quantitative estimate of drug-likeness (QED) is 0.744. The molecule has 110 valence electrons. The minimum atomic E-state index is -0.0437. The van der Waals surface area contributed by atoms with E-state index in [9.17, 15) is 4.79 Å². The summed E-state index contributed by atoms with van der Waals surface area (Å²) in [6, 6.07) is 7.52. The summed E-state index contributed by atoms with van der Waals surface area (Å²) in [6.07, 6.45) is 2.72. The van der Waals surface area contributed by atoms with Crippen LogP contribution in [-0.2, 0) is 20.8 Å². The van der Waals surface area contributed by atoms with E-state index in [-0.39, 0.29) is 12.0 Å². The van der Waals surface area contributed by atoms with Crippen molar-refractivity contribution in [2.75, 3.05) is 25.1 Å². The Kier molecular flexibility index (Phi) is 5.98. The molecular formula is C15H22N2O3. The number of carbonyl (C=O) groups excluding carboxylic acids is 1. The monoisotopic (exact) mass is 278 g/mol. The zero-order valence-corrected chi connectivity index (χ0v) is 11.6. The van der Waals surface area contributed by atoms with E-state index in [0.717, 1.165) is 30.7 Å². The van der Waals surface area contributed by atoms with Crippen molar-refractivity contribution in [2.24, 2.45) is 5.73 Å². The third-order valence-corrected chi connectivity index (χ3v) is 3.27. The molecule has 0 bridgehead atoms. The fraction of sp³-hybridized carbons (Fsp3) is 0.533. The van der Waals surface area contributed by atoms with Gasteiger partial charge in [-0.25, -0.2) is 0 Å². The summed E-state index contributed by atoms with van der Waals surface area (Å²) in [6.45, 7) is 2.34. The average molecular weight is 278 g/mol. The summed E-state index contributed by atoms with van der Waals surface area (Å²) < 4.78 is 10.9. The van der Waals surface area contributed by atoms with Crippen LogP contribution in [0.1, 0.15) is 24.8 Å². The number of amides is 1. The van der Waals surface area contributed by atoms with E-state index < -0.39 is 0 Å². The Labute approximate surface area is 119 Å². The van der Waals surface area contributed by atoms with Crippen LogP contribution in [0.15, 0.2) is 24.3 Å². The van der Waals surface area contributed by atoms with Gasteiger partial charge < -0.3 is 20.5 Å². The zero-order valence-electron chi connectivity index (χ0n) is 11.6. The van der Waals surface area contributed by atoms with Crippen LogP contribution < -0.4 is 11.1 Å². The molecular weight excluding hydrogens is 256 g/mol. The fourth-order valence-corrected chi connectivity index (χ4v) is 2.10. The molecule has 20 heavy (non-hydrogen) atoms. The van der Waals surface area contributed by atoms with Gasteiger partial charge in [-0.2, -0.15) is 0 Å². The molecule has 1 aliphatic heterocycles. The number of hydrogen-bond acceptors (Lipinski definition) is 4.